The Hall–Kier alpha value is -1.05. The lowest BCUT2D eigenvalue weighted by Crippen LogP contribution is -2.43. The van der Waals surface area contributed by atoms with Crippen LogP contribution in [-0.4, -0.2) is 25.8 Å². The molecule has 0 saturated heterocycles. The highest BCUT2D eigenvalue weighted by Crippen LogP contribution is 2.29. The molecular formula is C14H22F2N2O2S. The first-order valence-corrected chi connectivity index (χ1v) is 8.03. The van der Waals surface area contributed by atoms with Crippen molar-refractivity contribution in [2.75, 3.05) is 7.05 Å². The van der Waals surface area contributed by atoms with E-state index in [1.165, 1.54) is 7.05 Å². The van der Waals surface area contributed by atoms with Crippen molar-refractivity contribution in [2.45, 2.75) is 45.2 Å². The molecule has 0 heterocycles. The molecule has 7 heteroatoms. The van der Waals surface area contributed by atoms with Crippen LogP contribution in [0.2, 0.25) is 0 Å². The van der Waals surface area contributed by atoms with Gasteiger partial charge in [-0.2, -0.15) is 4.31 Å². The predicted molar refractivity (Wildman–Crippen MR) is 78.1 cm³/mol. The molecule has 1 atom stereocenters. The third-order valence-electron chi connectivity index (χ3n) is 3.81. The Labute approximate surface area is 125 Å². The minimum atomic E-state index is -4.07. The first kappa shape index (κ1) is 18.0. The number of benzene rings is 1. The van der Waals surface area contributed by atoms with Crippen LogP contribution in [-0.2, 0) is 16.6 Å². The number of halogens is 2. The maximum Gasteiger partial charge on any atom is 0.246 e. The average molecular weight is 320 g/mol. The fraction of sp³-hybridized carbons (Fsp3) is 0.571. The van der Waals surface area contributed by atoms with Gasteiger partial charge < -0.3 is 5.73 Å². The zero-order chi connectivity index (χ0) is 16.6. The Bertz CT molecular complexity index is 625. The first-order valence-electron chi connectivity index (χ1n) is 6.59. The molecule has 1 rings (SSSR count). The second-order valence-corrected chi connectivity index (χ2v) is 8.07. The molecule has 0 aliphatic carbocycles. The third kappa shape index (κ3) is 3.41. The molecule has 1 aromatic rings. The van der Waals surface area contributed by atoms with E-state index in [-0.39, 0.29) is 11.5 Å². The van der Waals surface area contributed by atoms with Crippen molar-refractivity contribution in [1.29, 1.82) is 0 Å². The maximum atomic E-state index is 14.2. The molecule has 0 aliphatic heterocycles. The van der Waals surface area contributed by atoms with E-state index < -0.39 is 38.7 Å². The van der Waals surface area contributed by atoms with E-state index in [2.05, 4.69) is 0 Å². The largest absolute Gasteiger partial charge is 0.326 e. The number of rotatable bonds is 4. The highest BCUT2D eigenvalue weighted by molar-refractivity contribution is 7.89. The summed E-state index contributed by atoms with van der Waals surface area (Å²) < 4.78 is 53.9. The Morgan fingerprint density at radius 2 is 1.81 bits per heavy atom. The molecule has 1 aromatic carbocycles. The van der Waals surface area contributed by atoms with Crippen LogP contribution in [0.15, 0.2) is 17.0 Å². The number of sulfonamides is 1. The summed E-state index contributed by atoms with van der Waals surface area (Å²) in [5, 5.41) is 0. The number of hydrogen-bond acceptors (Lipinski definition) is 3. The molecule has 1 unspecified atom stereocenters. The van der Waals surface area contributed by atoms with Crippen molar-refractivity contribution in [3.63, 3.8) is 0 Å². The number of hydrogen-bond donors (Lipinski definition) is 1. The summed E-state index contributed by atoms with van der Waals surface area (Å²) >= 11 is 0. The molecule has 0 amide bonds. The van der Waals surface area contributed by atoms with E-state index in [4.69, 9.17) is 5.73 Å². The fourth-order valence-electron chi connectivity index (χ4n) is 1.87. The van der Waals surface area contributed by atoms with Crippen LogP contribution in [0.1, 0.15) is 33.3 Å². The van der Waals surface area contributed by atoms with Gasteiger partial charge >= 0.3 is 0 Å². The topological polar surface area (TPSA) is 63.4 Å². The van der Waals surface area contributed by atoms with Crippen LogP contribution >= 0.6 is 0 Å². The van der Waals surface area contributed by atoms with Gasteiger partial charge in [0.2, 0.25) is 10.0 Å². The maximum absolute atomic E-state index is 14.2. The van der Waals surface area contributed by atoms with Gasteiger partial charge in [-0.1, -0.05) is 20.8 Å². The van der Waals surface area contributed by atoms with E-state index in [1.54, 1.807) is 6.92 Å². The van der Waals surface area contributed by atoms with Gasteiger partial charge in [-0.05, 0) is 24.5 Å². The lowest BCUT2D eigenvalue weighted by Gasteiger charge is -2.34. The van der Waals surface area contributed by atoms with Gasteiger partial charge in [0.05, 0.1) is 0 Å². The highest BCUT2D eigenvalue weighted by atomic mass is 32.2. The van der Waals surface area contributed by atoms with E-state index in [0.29, 0.717) is 0 Å². The Morgan fingerprint density at radius 3 is 2.24 bits per heavy atom. The van der Waals surface area contributed by atoms with Crippen molar-refractivity contribution in [2.24, 2.45) is 11.1 Å². The van der Waals surface area contributed by atoms with Crippen LogP contribution in [0.3, 0.4) is 0 Å². The molecule has 0 fully saturated rings. The van der Waals surface area contributed by atoms with Crippen molar-refractivity contribution in [3.8, 4) is 0 Å². The molecule has 0 aromatic heterocycles. The number of nitrogens with zero attached hydrogens (tertiary/aromatic N) is 1. The van der Waals surface area contributed by atoms with Crippen LogP contribution < -0.4 is 5.73 Å². The minimum Gasteiger partial charge on any atom is -0.326 e. The normalized spacial score (nSPS) is 14.5. The Kier molecular flexibility index (Phi) is 5.13. The Balaban J connectivity index is 3.39. The van der Waals surface area contributed by atoms with Gasteiger partial charge in [-0.15, -0.1) is 0 Å². The molecule has 21 heavy (non-hydrogen) atoms. The summed E-state index contributed by atoms with van der Waals surface area (Å²) in [6.07, 6.45) is 0. The van der Waals surface area contributed by atoms with E-state index >= 15 is 0 Å². The quantitative estimate of drug-likeness (QED) is 0.927. The lowest BCUT2D eigenvalue weighted by molar-refractivity contribution is 0.216. The molecular weight excluding hydrogens is 298 g/mol. The van der Waals surface area contributed by atoms with E-state index in [0.717, 1.165) is 16.4 Å². The SMILES string of the molecule is CC(N(C)S(=O)(=O)c1ccc(F)c(CN)c1F)C(C)(C)C. The summed E-state index contributed by atoms with van der Waals surface area (Å²) in [6, 6.07) is 1.49. The van der Waals surface area contributed by atoms with Crippen LogP contribution in [0.25, 0.3) is 0 Å². The monoisotopic (exact) mass is 320 g/mol. The lowest BCUT2D eigenvalue weighted by atomic mass is 9.88. The van der Waals surface area contributed by atoms with Crippen molar-refractivity contribution >= 4 is 10.0 Å². The van der Waals surface area contributed by atoms with Crippen molar-refractivity contribution in [1.82, 2.24) is 4.31 Å². The second-order valence-electron chi connectivity index (χ2n) is 6.11. The van der Waals surface area contributed by atoms with Crippen LogP contribution in [0.5, 0.6) is 0 Å². The third-order valence-corrected chi connectivity index (χ3v) is 5.76. The molecule has 0 bridgehead atoms. The molecule has 4 nitrogen and oxygen atoms in total. The van der Waals surface area contributed by atoms with Gasteiger partial charge in [-0.3, -0.25) is 0 Å². The average Bonchev–Trinajstić information content (AvgIpc) is 2.36. The Morgan fingerprint density at radius 1 is 1.29 bits per heavy atom. The molecule has 0 spiro atoms. The number of nitrogens with two attached hydrogens (primary N) is 1. The first-order chi connectivity index (χ1) is 9.44. The van der Waals surface area contributed by atoms with E-state index in [9.17, 15) is 17.2 Å². The summed E-state index contributed by atoms with van der Waals surface area (Å²) in [5.41, 5.74) is 4.53. The summed E-state index contributed by atoms with van der Waals surface area (Å²) in [4.78, 5) is -0.553. The molecule has 120 valence electrons. The standard InChI is InChI=1S/C14H22F2N2O2S/c1-9(14(2,3)4)18(5)21(19,20)12-7-6-11(15)10(8-17)13(12)16/h6-7,9H,8,17H2,1-5H3. The predicted octanol–water partition coefficient (Wildman–Crippen LogP) is 2.48. The molecule has 0 radical (unpaired) electrons. The highest BCUT2D eigenvalue weighted by Gasteiger charge is 2.34. The van der Waals surface area contributed by atoms with Crippen molar-refractivity contribution < 1.29 is 17.2 Å². The fourth-order valence-corrected chi connectivity index (χ4v) is 3.50. The van der Waals surface area contributed by atoms with Gasteiger partial charge in [-0.25, -0.2) is 17.2 Å². The van der Waals surface area contributed by atoms with E-state index in [1.807, 2.05) is 20.8 Å². The van der Waals surface area contributed by atoms with Gasteiger partial charge in [0.1, 0.15) is 10.7 Å². The summed E-state index contributed by atoms with van der Waals surface area (Å²) in [5.74, 6) is -1.97. The van der Waals surface area contributed by atoms with Crippen LogP contribution in [0, 0.1) is 17.0 Å². The minimum absolute atomic E-state index is 0.324. The summed E-state index contributed by atoms with van der Waals surface area (Å²) in [7, 11) is -2.68. The van der Waals surface area contributed by atoms with Gasteiger partial charge in [0.25, 0.3) is 0 Å². The van der Waals surface area contributed by atoms with Gasteiger partial charge in [0.15, 0.2) is 5.82 Å². The smallest absolute Gasteiger partial charge is 0.246 e. The molecule has 2 N–H and O–H groups in total. The zero-order valence-corrected chi connectivity index (χ0v) is 13.8. The second kappa shape index (κ2) is 5.98. The molecule has 0 saturated carbocycles. The van der Waals surface area contributed by atoms with Crippen molar-refractivity contribution in [3.05, 3.63) is 29.3 Å². The summed E-state index contributed by atoms with van der Waals surface area (Å²) in [6.45, 7) is 6.99. The molecule has 0 aliphatic rings. The van der Waals surface area contributed by atoms with Gasteiger partial charge in [0, 0.05) is 25.2 Å². The zero-order valence-electron chi connectivity index (χ0n) is 12.9. The van der Waals surface area contributed by atoms with Crippen LogP contribution in [0.4, 0.5) is 8.78 Å².